The smallest absolute Gasteiger partial charge is 0.338 e. The summed E-state index contributed by atoms with van der Waals surface area (Å²) < 4.78 is 28.5. The van der Waals surface area contributed by atoms with E-state index in [1.54, 1.807) is 0 Å². The van der Waals surface area contributed by atoms with Crippen LogP contribution in [0.4, 0.5) is 8.78 Å². The van der Waals surface area contributed by atoms with Gasteiger partial charge in [-0.1, -0.05) is 0 Å². The third-order valence-electron chi connectivity index (χ3n) is 1.67. The number of aliphatic hydroxyl groups is 1. The molecule has 0 unspecified atom stereocenters. The Bertz CT molecular complexity index is 182. The third kappa shape index (κ3) is 1.33. The maximum absolute atomic E-state index is 12.2. The second-order valence-corrected chi connectivity index (χ2v) is 2.73. The van der Waals surface area contributed by atoms with Gasteiger partial charge in [0.2, 0.25) is 0 Å². The van der Waals surface area contributed by atoms with Crippen LogP contribution in [0.25, 0.3) is 0 Å². The lowest BCUT2D eigenvalue weighted by molar-refractivity contribution is -0.222. The molecule has 64 valence electrons. The maximum Gasteiger partial charge on any atom is 0.338 e. The van der Waals surface area contributed by atoms with Crippen LogP contribution < -0.4 is 0 Å². The van der Waals surface area contributed by atoms with Crippen molar-refractivity contribution in [3.05, 3.63) is 0 Å². The molecular formula is C6H8F2O3. The molecule has 0 aromatic carbocycles. The number of carbonyl (C=O) groups excluding carboxylic acids is 1. The maximum atomic E-state index is 12.2. The highest BCUT2D eigenvalue weighted by molar-refractivity contribution is 5.80. The Kier molecular flexibility index (Phi) is 1.63. The quantitative estimate of drug-likeness (QED) is 0.570. The zero-order valence-corrected chi connectivity index (χ0v) is 5.93. The van der Waals surface area contributed by atoms with E-state index < -0.39 is 30.3 Å². The molecule has 0 aliphatic heterocycles. The number of rotatable bonds is 1. The van der Waals surface area contributed by atoms with Gasteiger partial charge in [0.25, 0.3) is 5.92 Å². The first kappa shape index (κ1) is 8.39. The van der Waals surface area contributed by atoms with Crippen molar-refractivity contribution >= 4 is 5.97 Å². The van der Waals surface area contributed by atoms with E-state index >= 15 is 0 Å². The van der Waals surface area contributed by atoms with Crippen molar-refractivity contribution in [1.29, 1.82) is 0 Å². The van der Waals surface area contributed by atoms with Gasteiger partial charge in [0.1, 0.15) is 0 Å². The highest BCUT2D eigenvalue weighted by atomic mass is 19.3. The molecule has 3 nitrogen and oxygen atoms in total. The summed E-state index contributed by atoms with van der Waals surface area (Å²) in [6.45, 7) is 0. The topological polar surface area (TPSA) is 46.5 Å². The van der Waals surface area contributed by atoms with Crippen molar-refractivity contribution in [2.24, 2.45) is 0 Å². The predicted molar refractivity (Wildman–Crippen MR) is 31.1 cm³/mol. The summed E-state index contributed by atoms with van der Waals surface area (Å²) in [5, 5.41) is 9.06. The Balaban J connectivity index is 2.56. The van der Waals surface area contributed by atoms with E-state index in [9.17, 15) is 13.6 Å². The Hall–Kier alpha value is -0.710. The van der Waals surface area contributed by atoms with E-state index in [4.69, 9.17) is 5.11 Å². The molecule has 11 heavy (non-hydrogen) atoms. The number of methoxy groups -OCH3 is 1. The van der Waals surface area contributed by atoms with Crippen molar-refractivity contribution < 1.29 is 23.4 Å². The second kappa shape index (κ2) is 2.14. The molecule has 0 bridgehead atoms. The fourth-order valence-electron chi connectivity index (χ4n) is 1.14. The first-order chi connectivity index (χ1) is 4.90. The first-order valence-electron chi connectivity index (χ1n) is 3.08. The minimum absolute atomic E-state index is 0.827. The lowest BCUT2D eigenvalue weighted by Gasteiger charge is -2.40. The molecule has 0 radical (unpaired) electrons. The SMILES string of the molecule is COC(=O)C1(O)CC(F)(F)C1. The fourth-order valence-corrected chi connectivity index (χ4v) is 1.14. The summed E-state index contributed by atoms with van der Waals surface area (Å²) in [5.74, 6) is -3.90. The molecule has 0 aromatic heterocycles. The minimum atomic E-state index is -2.91. The highest BCUT2D eigenvalue weighted by Gasteiger charge is 2.61. The van der Waals surface area contributed by atoms with Crippen LogP contribution in [0.5, 0.6) is 0 Å². The molecule has 1 saturated carbocycles. The Morgan fingerprint density at radius 3 is 2.27 bits per heavy atom. The van der Waals surface area contributed by atoms with Gasteiger partial charge in [0.15, 0.2) is 5.60 Å². The van der Waals surface area contributed by atoms with Gasteiger partial charge in [-0.3, -0.25) is 0 Å². The summed E-state index contributed by atoms with van der Waals surface area (Å²) in [7, 11) is 1.05. The molecule has 0 saturated heterocycles. The summed E-state index contributed by atoms with van der Waals surface area (Å²) in [6.07, 6.45) is -1.65. The van der Waals surface area contributed by atoms with Crippen molar-refractivity contribution in [2.45, 2.75) is 24.4 Å². The van der Waals surface area contributed by atoms with Gasteiger partial charge in [-0.25, -0.2) is 13.6 Å². The molecule has 0 spiro atoms. The predicted octanol–water partition coefficient (Wildman–Crippen LogP) is 0.320. The molecule has 0 amide bonds. The molecule has 0 aromatic rings. The largest absolute Gasteiger partial charge is 0.467 e. The van der Waals surface area contributed by atoms with Crippen molar-refractivity contribution in [2.75, 3.05) is 7.11 Å². The molecule has 5 heteroatoms. The number of carbonyl (C=O) groups is 1. The Labute approximate surface area is 62.0 Å². The van der Waals surface area contributed by atoms with Crippen LogP contribution in [0.15, 0.2) is 0 Å². The summed E-state index contributed by atoms with van der Waals surface area (Å²) in [5.41, 5.74) is -1.95. The van der Waals surface area contributed by atoms with Gasteiger partial charge in [0, 0.05) is 0 Å². The van der Waals surface area contributed by atoms with Crippen LogP contribution in [-0.4, -0.2) is 29.7 Å². The number of hydrogen-bond acceptors (Lipinski definition) is 3. The number of halogens is 2. The molecule has 1 aliphatic carbocycles. The molecular weight excluding hydrogens is 158 g/mol. The van der Waals surface area contributed by atoms with Crippen molar-refractivity contribution in [3.8, 4) is 0 Å². The summed E-state index contributed by atoms with van der Waals surface area (Å²) in [6, 6.07) is 0. The van der Waals surface area contributed by atoms with E-state index in [0.29, 0.717) is 0 Å². The molecule has 1 aliphatic rings. The zero-order valence-electron chi connectivity index (χ0n) is 5.93. The van der Waals surface area contributed by atoms with Crippen molar-refractivity contribution in [3.63, 3.8) is 0 Å². The Morgan fingerprint density at radius 1 is 1.55 bits per heavy atom. The van der Waals surface area contributed by atoms with Gasteiger partial charge < -0.3 is 9.84 Å². The molecule has 1 N–H and O–H groups in total. The number of alkyl halides is 2. The van der Waals surface area contributed by atoms with Gasteiger partial charge in [-0.05, 0) is 0 Å². The normalized spacial score (nSPS) is 25.5. The third-order valence-corrected chi connectivity index (χ3v) is 1.67. The highest BCUT2D eigenvalue weighted by Crippen LogP contribution is 2.45. The minimum Gasteiger partial charge on any atom is -0.467 e. The van der Waals surface area contributed by atoms with Crippen LogP contribution in [0.3, 0.4) is 0 Å². The van der Waals surface area contributed by atoms with E-state index in [-0.39, 0.29) is 0 Å². The Morgan fingerprint density at radius 2 is 2.00 bits per heavy atom. The van der Waals surface area contributed by atoms with Crippen LogP contribution in [0.1, 0.15) is 12.8 Å². The zero-order chi connectivity index (χ0) is 8.70. The van der Waals surface area contributed by atoms with Gasteiger partial charge in [0.05, 0.1) is 20.0 Å². The van der Waals surface area contributed by atoms with E-state index in [2.05, 4.69) is 4.74 Å². The van der Waals surface area contributed by atoms with Gasteiger partial charge >= 0.3 is 5.97 Å². The van der Waals surface area contributed by atoms with E-state index in [1.807, 2.05) is 0 Å². The average Bonchev–Trinajstić information content (AvgIpc) is 1.81. The molecule has 0 heterocycles. The standard InChI is InChI=1S/C6H8F2O3/c1-11-4(9)5(10)2-6(7,8)3-5/h10H,2-3H2,1H3. The summed E-state index contributed by atoms with van der Waals surface area (Å²) >= 11 is 0. The van der Waals surface area contributed by atoms with E-state index in [0.717, 1.165) is 7.11 Å². The van der Waals surface area contributed by atoms with Crippen molar-refractivity contribution in [1.82, 2.24) is 0 Å². The second-order valence-electron chi connectivity index (χ2n) is 2.73. The van der Waals surface area contributed by atoms with E-state index in [1.165, 1.54) is 0 Å². The van der Waals surface area contributed by atoms with Crippen LogP contribution in [-0.2, 0) is 9.53 Å². The first-order valence-corrected chi connectivity index (χ1v) is 3.08. The number of esters is 1. The van der Waals surface area contributed by atoms with Crippen LogP contribution >= 0.6 is 0 Å². The summed E-state index contributed by atoms with van der Waals surface area (Å²) in [4.78, 5) is 10.6. The lowest BCUT2D eigenvalue weighted by atomic mass is 9.77. The van der Waals surface area contributed by atoms with Crippen LogP contribution in [0, 0.1) is 0 Å². The van der Waals surface area contributed by atoms with Gasteiger partial charge in [-0.2, -0.15) is 0 Å². The number of ether oxygens (including phenoxy) is 1. The lowest BCUT2D eigenvalue weighted by Crippen LogP contribution is -2.57. The molecule has 1 fully saturated rings. The van der Waals surface area contributed by atoms with Gasteiger partial charge in [-0.15, -0.1) is 0 Å². The fraction of sp³-hybridized carbons (Fsp3) is 0.833. The average molecular weight is 166 g/mol. The van der Waals surface area contributed by atoms with Crippen LogP contribution in [0.2, 0.25) is 0 Å². The number of hydrogen-bond donors (Lipinski definition) is 1. The monoisotopic (exact) mass is 166 g/mol. The molecule has 0 atom stereocenters. The molecule has 1 rings (SSSR count).